The Hall–Kier alpha value is -0.706. The summed E-state index contributed by atoms with van der Waals surface area (Å²) in [5.74, 6) is -1.23. The van der Waals surface area contributed by atoms with E-state index in [1.54, 1.807) is 41.5 Å². The Morgan fingerprint density at radius 3 is 1.04 bits per heavy atom. The van der Waals surface area contributed by atoms with Crippen molar-refractivity contribution in [3.8, 4) is 0 Å². The minimum atomic E-state index is -2.25. The van der Waals surface area contributed by atoms with Crippen molar-refractivity contribution in [1.29, 1.82) is 0 Å². The Labute approximate surface area is 161 Å². The molecule has 8 heteroatoms. The van der Waals surface area contributed by atoms with E-state index in [0.29, 0.717) is 0 Å². The number of carbonyl (C=O) groups excluding carboxylic acids is 2. The van der Waals surface area contributed by atoms with Crippen molar-refractivity contribution in [2.45, 2.75) is 104 Å². The molecule has 6 nitrogen and oxygen atoms in total. The molecule has 0 saturated heterocycles. The summed E-state index contributed by atoms with van der Waals surface area (Å²) in [6, 6.07) is 0. The highest BCUT2D eigenvalue weighted by Crippen LogP contribution is 2.38. The summed E-state index contributed by atoms with van der Waals surface area (Å²) in [7, 11) is -4.50. The van der Waals surface area contributed by atoms with Crippen LogP contribution in [0.15, 0.2) is 0 Å². The third-order valence-electron chi connectivity index (χ3n) is 3.40. The van der Waals surface area contributed by atoms with Crippen LogP contribution in [0, 0.1) is 0 Å². The lowest BCUT2D eigenvalue weighted by atomic mass is 9.85. The van der Waals surface area contributed by atoms with Gasteiger partial charge in [0.25, 0.3) is 0 Å². The molecule has 0 aromatic rings. The van der Waals surface area contributed by atoms with Crippen LogP contribution in [0.3, 0.4) is 0 Å². The second-order valence-corrected chi connectivity index (χ2v) is 18.3. The number of hydrogen-bond donors (Lipinski definition) is 0. The zero-order chi connectivity index (χ0) is 21.1. The van der Waals surface area contributed by atoms with E-state index in [1.807, 2.05) is 39.3 Å². The molecule has 0 aliphatic heterocycles. The van der Waals surface area contributed by atoms with Gasteiger partial charge in [0, 0.05) is 0 Å². The molecule has 0 N–H and O–H groups in total. The van der Waals surface area contributed by atoms with Crippen molar-refractivity contribution in [3.05, 3.63) is 0 Å². The van der Waals surface area contributed by atoms with Crippen LogP contribution in [0.2, 0.25) is 39.3 Å². The average molecular weight is 407 g/mol. The maximum absolute atomic E-state index is 13.1. The second-order valence-electron chi connectivity index (χ2n) is 9.40. The molecule has 0 aromatic carbocycles. The smallest absolute Gasteiger partial charge is 0.340 e. The summed E-state index contributed by atoms with van der Waals surface area (Å²) in [5.41, 5.74) is -3.23. The number of ether oxygens (including phenoxy) is 2. The fourth-order valence-electron chi connectivity index (χ4n) is 2.55. The molecule has 2 atom stereocenters. The van der Waals surface area contributed by atoms with Crippen LogP contribution in [-0.4, -0.2) is 52.0 Å². The lowest BCUT2D eigenvalue weighted by molar-refractivity contribution is -0.203. The van der Waals surface area contributed by atoms with Gasteiger partial charge in [-0.1, -0.05) is 0 Å². The van der Waals surface area contributed by atoms with E-state index in [0.717, 1.165) is 0 Å². The van der Waals surface area contributed by atoms with Gasteiger partial charge in [-0.2, -0.15) is 0 Å². The fourth-order valence-corrected chi connectivity index (χ4v) is 5.55. The Kier molecular flexibility index (Phi) is 8.31. The van der Waals surface area contributed by atoms with Gasteiger partial charge in [0.2, 0.25) is 0 Å². The summed E-state index contributed by atoms with van der Waals surface area (Å²) >= 11 is 0. The number of esters is 2. The largest absolute Gasteiger partial charge is 0.461 e. The zero-order valence-electron chi connectivity index (χ0n) is 18.6. The van der Waals surface area contributed by atoms with Crippen LogP contribution in [0.1, 0.15) is 41.5 Å². The van der Waals surface area contributed by atoms with Crippen molar-refractivity contribution in [3.63, 3.8) is 0 Å². The molecule has 0 heterocycles. The SMILES string of the molecule is CC(C)OC(=O)C(C)(O[Si](C)(C)C)C(C)(O[Si](C)(C)C)C(=O)OC(C)C. The third-order valence-corrected chi connectivity index (χ3v) is 5.44. The summed E-state index contributed by atoms with van der Waals surface area (Å²) in [6.45, 7) is 21.9. The minimum Gasteiger partial charge on any atom is -0.461 e. The van der Waals surface area contributed by atoms with E-state index in [4.69, 9.17) is 18.3 Å². The van der Waals surface area contributed by atoms with Gasteiger partial charge in [-0.15, -0.1) is 0 Å². The van der Waals surface area contributed by atoms with Gasteiger partial charge in [-0.25, -0.2) is 9.59 Å². The van der Waals surface area contributed by atoms with E-state index in [9.17, 15) is 9.59 Å². The summed E-state index contributed by atoms with van der Waals surface area (Å²) in [6.07, 6.45) is -0.686. The van der Waals surface area contributed by atoms with E-state index in [-0.39, 0.29) is 12.2 Å². The van der Waals surface area contributed by atoms with Gasteiger partial charge >= 0.3 is 11.9 Å². The lowest BCUT2D eigenvalue weighted by Crippen LogP contribution is -2.68. The maximum Gasteiger partial charge on any atom is 0.340 e. The average Bonchev–Trinajstić information content (AvgIpc) is 2.32. The van der Waals surface area contributed by atoms with Crippen molar-refractivity contribution in [1.82, 2.24) is 0 Å². The predicted molar refractivity (Wildman–Crippen MR) is 108 cm³/mol. The Bertz CT molecular complexity index is 461. The lowest BCUT2D eigenvalue weighted by Gasteiger charge is -2.47. The second kappa shape index (κ2) is 8.54. The van der Waals surface area contributed by atoms with Gasteiger partial charge < -0.3 is 18.3 Å². The van der Waals surface area contributed by atoms with E-state index >= 15 is 0 Å². The van der Waals surface area contributed by atoms with Crippen molar-refractivity contribution < 1.29 is 27.9 Å². The normalized spacial score (nSPS) is 17.6. The molecular formula is C18H38O6Si2. The van der Waals surface area contributed by atoms with Crippen molar-refractivity contribution >= 4 is 28.6 Å². The molecule has 26 heavy (non-hydrogen) atoms. The molecule has 154 valence electrons. The fraction of sp³-hybridized carbons (Fsp3) is 0.889. The van der Waals surface area contributed by atoms with Gasteiger partial charge in [0.05, 0.1) is 12.2 Å². The zero-order valence-corrected chi connectivity index (χ0v) is 20.6. The number of rotatable bonds is 9. The molecule has 0 fully saturated rings. The number of hydrogen-bond acceptors (Lipinski definition) is 6. The molecule has 0 bridgehead atoms. The molecule has 0 aliphatic rings. The van der Waals surface area contributed by atoms with Crippen LogP contribution in [0.4, 0.5) is 0 Å². The molecular weight excluding hydrogens is 368 g/mol. The van der Waals surface area contributed by atoms with E-state index in [2.05, 4.69) is 0 Å². The first-order valence-corrected chi connectivity index (χ1v) is 16.0. The molecule has 0 radical (unpaired) electrons. The summed E-state index contributed by atoms with van der Waals surface area (Å²) in [4.78, 5) is 26.2. The molecule has 0 spiro atoms. The molecule has 0 saturated carbocycles. The van der Waals surface area contributed by atoms with Gasteiger partial charge in [-0.05, 0) is 80.8 Å². The summed E-state index contributed by atoms with van der Waals surface area (Å²) in [5, 5.41) is 0. The molecule has 0 rings (SSSR count). The maximum atomic E-state index is 13.1. The first-order chi connectivity index (χ1) is 11.3. The molecule has 0 aliphatic carbocycles. The van der Waals surface area contributed by atoms with Crippen LogP contribution < -0.4 is 0 Å². The van der Waals surface area contributed by atoms with E-state index in [1.165, 1.54) is 0 Å². The quantitative estimate of drug-likeness (QED) is 0.424. The molecule has 0 aromatic heterocycles. The predicted octanol–water partition coefficient (Wildman–Crippen LogP) is 4.11. The van der Waals surface area contributed by atoms with E-state index < -0.39 is 39.8 Å². The van der Waals surface area contributed by atoms with Crippen LogP contribution in [-0.2, 0) is 27.9 Å². The van der Waals surface area contributed by atoms with Crippen molar-refractivity contribution in [2.75, 3.05) is 0 Å². The van der Waals surface area contributed by atoms with Gasteiger partial charge in [0.1, 0.15) is 0 Å². The monoisotopic (exact) mass is 406 g/mol. The van der Waals surface area contributed by atoms with Crippen LogP contribution in [0.25, 0.3) is 0 Å². The van der Waals surface area contributed by atoms with Crippen LogP contribution >= 0.6 is 0 Å². The van der Waals surface area contributed by atoms with Crippen LogP contribution in [0.5, 0.6) is 0 Å². The Balaban J connectivity index is 6.39. The number of carbonyl (C=O) groups is 2. The first-order valence-electron chi connectivity index (χ1n) is 9.16. The molecule has 2 unspecified atom stereocenters. The minimum absolute atomic E-state index is 0.343. The Morgan fingerprint density at radius 2 is 0.885 bits per heavy atom. The first kappa shape index (κ1) is 25.3. The van der Waals surface area contributed by atoms with Crippen molar-refractivity contribution in [2.24, 2.45) is 0 Å². The summed E-state index contributed by atoms with van der Waals surface area (Å²) < 4.78 is 23.5. The highest BCUT2D eigenvalue weighted by Gasteiger charge is 2.62. The molecule has 0 amide bonds. The highest BCUT2D eigenvalue weighted by atomic mass is 28.4. The highest BCUT2D eigenvalue weighted by molar-refractivity contribution is 6.70. The topological polar surface area (TPSA) is 71.1 Å². The Morgan fingerprint density at radius 1 is 0.654 bits per heavy atom. The van der Waals surface area contributed by atoms with Gasteiger partial charge in [-0.3, -0.25) is 0 Å². The van der Waals surface area contributed by atoms with Gasteiger partial charge in [0.15, 0.2) is 27.8 Å². The standard InChI is InChI=1S/C18H38O6Si2/c1-13(2)21-15(19)17(5,23-25(7,8)9)18(6,24-26(10,11)12)16(20)22-14(3)4/h13-14H,1-12H3. The third kappa shape index (κ3) is 7.13.